The first-order valence-electron chi connectivity index (χ1n) is 8.46. The van der Waals surface area contributed by atoms with E-state index in [0.29, 0.717) is 0 Å². The van der Waals surface area contributed by atoms with Crippen LogP contribution in [-0.4, -0.2) is 55.3 Å². The van der Waals surface area contributed by atoms with Gasteiger partial charge in [-0.2, -0.15) is 0 Å². The number of carbonyl (C=O) groups is 1. The number of nitrogens with zero attached hydrogens (tertiary/aromatic N) is 2. The highest BCUT2D eigenvalue weighted by atomic mass is 35.5. The number of alkyl carbamates (subject to hydrolysis) is 1. The number of ether oxygens (including phenoxy) is 1. The predicted octanol–water partition coefficient (Wildman–Crippen LogP) is 3.12. The van der Waals surface area contributed by atoms with E-state index in [4.69, 9.17) is 16.3 Å². The van der Waals surface area contributed by atoms with E-state index in [1.807, 2.05) is 32.9 Å². The van der Waals surface area contributed by atoms with Crippen molar-refractivity contribution in [2.24, 2.45) is 4.99 Å². The molecule has 25 heavy (non-hydrogen) atoms. The number of hydrogen-bond donors (Lipinski definition) is 2. The van der Waals surface area contributed by atoms with Gasteiger partial charge in [-0.25, -0.2) is 4.79 Å². The van der Waals surface area contributed by atoms with E-state index in [1.165, 1.54) is 4.88 Å². The van der Waals surface area contributed by atoms with Gasteiger partial charge in [0, 0.05) is 31.6 Å². The standard InChI is InChI=1S/C17H27ClN4O2S/c1-17(2,3)24-16(23)21-12-8-10-22(11-12)15(19-4)20-9-7-13-5-6-14(18)25-13/h5-6,12H,7-11H2,1-4H3,(H,19,20)(H,21,23). The van der Waals surface area contributed by atoms with Gasteiger partial charge in [-0.1, -0.05) is 11.6 Å². The number of halogens is 1. The van der Waals surface area contributed by atoms with Gasteiger partial charge >= 0.3 is 6.09 Å². The van der Waals surface area contributed by atoms with Crippen LogP contribution in [0.4, 0.5) is 4.79 Å². The number of thiophene rings is 1. The molecule has 0 radical (unpaired) electrons. The Bertz CT molecular complexity index is 612. The van der Waals surface area contributed by atoms with E-state index in [-0.39, 0.29) is 12.1 Å². The number of amides is 1. The van der Waals surface area contributed by atoms with Gasteiger partial charge in [-0.15, -0.1) is 11.3 Å². The van der Waals surface area contributed by atoms with Crippen molar-refractivity contribution in [2.75, 3.05) is 26.7 Å². The van der Waals surface area contributed by atoms with Crippen LogP contribution in [0.3, 0.4) is 0 Å². The number of carbonyl (C=O) groups excluding carboxylic acids is 1. The Morgan fingerprint density at radius 2 is 2.24 bits per heavy atom. The molecular formula is C17H27ClN4O2S. The Morgan fingerprint density at radius 1 is 1.48 bits per heavy atom. The van der Waals surface area contributed by atoms with Crippen molar-refractivity contribution in [3.8, 4) is 0 Å². The summed E-state index contributed by atoms with van der Waals surface area (Å²) in [6, 6.07) is 4.04. The summed E-state index contributed by atoms with van der Waals surface area (Å²) in [6.07, 6.45) is 1.42. The van der Waals surface area contributed by atoms with Crippen LogP contribution >= 0.6 is 22.9 Å². The van der Waals surface area contributed by atoms with Crippen LogP contribution in [0.1, 0.15) is 32.1 Å². The fourth-order valence-corrected chi connectivity index (χ4v) is 3.75. The molecule has 0 aliphatic carbocycles. The Labute approximate surface area is 158 Å². The number of aliphatic imine (C=N–C) groups is 1. The van der Waals surface area contributed by atoms with E-state index in [9.17, 15) is 4.79 Å². The first-order valence-corrected chi connectivity index (χ1v) is 9.65. The molecule has 1 aliphatic heterocycles. The summed E-state index contributed by atoms with van der Waals surface area (Å²) in [6.45, 7) is 7.96. The zero-order valence-corrected chi connectivity index (χ0v) is 16.8. The van der Waals surface area contributed by atoms with Crippen molar-refractivity contribution in [3.05, 3.63) is 21.3 Å². The molecule has 0 saturated carbocycles. The average Bonchev–Trinajstić information content (AvgIpc) is 3.11. The largest absolute Gasteiger partial charge is 0.444 e. The highest BCUT2D eigenvalue weighted by Gasteiger charge is 2.27. The maximum Gasteiger partial charge on any atom is 0.407 e. The molecule has 0 spiro atoms. The number of guanidine groups is 1. The third kappa shape index (κ3) is 6.74. The average molecular weight is 387 g/mol. The monoisotopic (exact) mass is 386 g/mol. The predicted molar refractivity (Wildman–Crippen MR) is 104 cm³/mol. The van der Waals surface area contributed by atoms with Crippen molar-refractivity contribution in [2.45, 2.75) is 45.3 Å². The molecule has 1 aliphatic rings. The fraction of sp³-hybridized carbons (Fsp3) is 0.647. The van der Waals surface area contributed by atoms with Crippen LogP contribution < -0.4 is 10.6 Å². The van der Waals surface area contributed by atoms with E-state index >= 15 is 0 Å². The van der Waals surface area contributed by atoms with Gasteiger partial charge in [0.25, 0.3) is 0 Å². The lowest BCUT2D eigenvalue weighted by molar-refractivity contribution is 0.0507. The quantitative estimate of drug-likeness (QED) is 0.616. The highest BCUT2D eigenvalue weighted by molar-refractivity contribution is 7.16. The van der Waals surface area contributed by atoms with Gasteiger partial charge in [0.1, 0.15) is 5.60 Å². The number of rotatable bonds is 4. The van der Waals surface area contributed by atoms with Crippen molar-refractivity contribution in [3.63, 3.8) is 0 Å². The molecule has 6 nitrogen and oxygen atoms in total. The minimum Gasteiger partial charge on any atom is -0.444 e. The molecule has 1 aromatic rings. The molecule has 1 fully saturated rings. The van der Waals surface area contributed by atoms with Gasteiger partial charge in [0.05, 0.1) is 10.4 Å². The topological polar surface area (TPSA) is 66.0 Å². The molecule has 140 valence electrons. The lowest BCUT2D eigenvalue weighted by Gasteiger charge is -2.23. The second kappa shape index (κ2) is 8.76. The van der Waals surface area contributed by atoms with E-state index < -0.39 is 5.60 Å². The number of nitrogens with one attached hydrogen (secondary N) is 2. The van der Waals surface area contributed by atoms with Crippen LogP contribution in [0.5, 0.6) is 0 Å². The third-order valence-electron chi connectivity index (χ3n) is 3.70. The van der Waals surface area contributed by atoms with Crippen molar-refractivity contribution in [1.29, 1.82) is 0 Å². The summed E-state index contributed by atoms with van der Waals surface area (Å²) < 4.78 is 6.13. The zero-order chi connectivity index (χ0) is 18.4. The van der Waals surface area contributed by atoms with Crippen LogP contribution in [0.15, 0.2) is 17.1 Å². The van der Waals surface area contributed by atoms with E-state index in [0.717, 1.165) is 42.8 Å². The van der Waals surface area contributed by atoms with Crippen molar-refractivity contribution >= 4 is 35.0 Å². The van der Waals surface area contributed by atoms with Crippen molar-refractivity contribution in [1.82, 2.24) is 15.5 Å². The zero-order valence-electron chi connectivity index (χ0n) is 15.3. The van der Waals surface area contributed by atoms with Crippen LogP contribution in [0.2, 0.25) is 4.34 Å². The molecule has 0 aromatic carbocycles. The summed E-state index contributed by atoms with van der Waals surface area (Å²) in [5.74, 6) is 0.858. The second-order valence-corrected chi connectivity index (χ2v) is 8.81. The van der Waals surface area contributed by atoms with Crippen molar-refractivity contribution < 1.29 is 9.53 Å². The lowest BCUT2D eigenvalue weighted by Crippen LogP contribution is -2.44. The Kier molecular flexibility index (Phi) is 6.95. The minimum atomic E-state index is -0.481. The maximum absolute atomic E-state index is 11.9. The number of hydrogen-bond acceptors (Lipinski definition) is 4. The first-order chi connectivity index (χ1) is 11.8. The second-order valence-electron chi connectivity index (χ2n) is 7.01. The van der Waals surface area contributed by atoms with Crippen LogP contribution in [0.25, 0.3) is 0 Å². The summed E-state index contributed by atoms with van der Waals surface area (Å²) in [5, 5.41) is 6.31. The normalized spacial score (nSPS) is 18.4. The molecule has 1 atom stereocenters. The van der Waals surface area contributed by atoms with Gasteiger partial charge in [0.15, 0.2) is 5.96 Å². The summed E-state index contributed by atoms with van der Waals surface area (Å²) in [4.78, 5) is 19.6. The SMILES string of the molecule is CN=C(NCCc1ccc(Cl)s1)N1CCC(NC(=O)OC(C)(C)C)C1. The number of likely N-dealkylation sites (tertiary alicyclic amines) is 1. The van der Waals surface area contributed by atoms with Crippen LogP contribution in [-0.2, 0) is 11.2 Å². The molecule has 2 rings (SSSR count). The van der Waals surface area contributed by atoms with Crippen LogP contribution in [0, 0.1) is 0 Å². The first kappa shape index (κ1) is 19.8. The molecule has 1 aromatic heterocycles. The Hall–Kier alpha value is -1.47. The van der Waals surface area contributed by atoms with E-state index in [1.54, 1.807) is 18.4 Å². The Morgan fingerprint density at radius 3 is 2.84 bits per heavy atom. The van der Waals surface area contributed by atoms with E-state index in [2.05, 4.69) is 20.5 Å². The van der Waals surface area contributed by atoms with Gasteiger partial charge in [-0.3, -0.25) is 4.99 Å². The summed E-state index contributed by atoms with van der Waals surface area (Å²) in [7, 11) is 1.78. The molecule has 2 N–H and O–H groups in total. The molecule has 1 unspecified atom stereocenters. The van der Waals surface area contributed by atoms with Gasteiger partial charge < -0.3 is 20.3 Å². The molecule has 0 bridgehead atoms. The summed E-state index contributed by atoms with van der Waals surface area (Å²) in [5.41, 5.74) is -0.481. The highest BCUT2D eigenvalue weighted by Crippen LogP contribution is 2.21. The van der Waals surface area contributed by atoms with Gasteiger partial charge in [-0.05, 0) is 45.7 Å². The lowest BCUT2D eigenvalue weighted by atomic mass is 10.2. The molecule has 1 saturated heterocycles. The van der Waals surface area contributed by atoms with Gasteiger partial charge in [0.2, 0.25) is 0 Å². The molecular weight excluding hydrogens is 360 g/mol. The smallest absolute Gasteiger partial charge is 0.407 e. The summed E-state index contributed by atoms with van der Waals surface area (Å²) >= 11 is 7.55. The molecule has 2 heterocycles. The fourth-order valence-electron chi connectivity index (χ4n) is 2.66. The Balaban J connectivity index is 1.75. The third-order valence-corrected chi connectivity index (χ3v) is 4.99. The maximum atomic E-state index is 11.9. The molecule has 8 heteroatoms. The molecule has 1 amide bonds. The minimum absolute atomic E-state index is 0.0736.